The maximum Gasteiger partial charge on any atom is 0.435 e. The van der Waals surface area contributed by atoms with Crippen LogP contribution in [0.25, 0.3) is 0 Å². The van der Waals surface area contributed by atoms with E-state index in [-0.39, 0.29) is 6.61 Å². The third-order valence-corrected chi connectivity index (χ3v) is 3.94. The first-order chi connectivity index (χ1) is 13.2. The summed E-state index contributed by atoms with van der Waals surface area (Å²) in [5.74, 6) is 0.0936. The van der Waals surface area contributed by atoms with E-state index < -0.39 is 12.1 Å². The van der Waals surface area contributed by atoms with E-state index in [9.17, 15) is 9.59 Å². The molecule has 0 radical (unpaired) electrons. The fourth-order valence-electron chi connectivity index (χ4n) is 2.49. The quantitative estimate of drug-likeness (QED) is 0.240. The summed E-state index contributed by atoms with van der Waals surface area (Å²) in [7, 11) is 0. The Balaban J connectivity index is 2.18. The van der Waals surface area contributed by atoms with Crippen molar-refractivity contribution in [1.82, 2.24) is 4.90 Å². The number of ether oxygens (including phenoxy) is 3. The molecule has 146 valence electrons. The molecule has 0 bridgehead atoms. The van der Waals surface area contributed by atoms with Crippen LogP contribution in [0.5, 0.6) is 0 Å². The summed E-state index contributed by atoms with van der Waals surface area (Å²) in [6.07, 6.45) is 2.64. The molecule has 0 aromatic heterocycles. The second kappa shape index (κ2) is 11.1. The van der Waals surface area contributed by atoms with Gasteiger partial charge in [0.25, 0.3) is 0 Å². The van der Waals surface area contributed by atoms with Crippen molar-refractivity contribution in [2.75, 3.05) is 39.5 Å². The largest absolute Gasteiger partial charge is 0.458 e. The van der Waals surface area contributed by atoms with Gasteiger partial charge in [-0.15, -0.1) is 0 Å². The SMILES string of the molecule is C=CCOC(=O)c1ccc(C(=NC(=O)OCCCC)N2CCOCC2)cc1. The Kier molecular flexibility index (Phi) is 8.51. The summed E-state index contributed by atoms with van der Waals surface area (Å²) >= 11 is 0. The highest BCUT2D eigenvalue weighted by Gasteiger charge is 2.19. The van der Waals surface area contributed by atoms with Crippen LogP contribution in [0.1, 0.15) is 35.7 Å². The van der Waals surface area contributed by atoms with Crippen molar-refractivity contribution in [2.24, 2.45) is 4.99 Å². The average molecular weight is 374 g/mol. The van der Waals surface area contributed by atoms with Gasteiger partial charge in [0.2, 0.25) is 0 Å². The second-order valence-electron chi connectivity index (χ2n) is 5.97. The fraction of sp³-hybridized carbons (Fsp3) is 0.450. The van der Waals surface area contributed by atoms with Crippen LogP contribution in [-0.2, 0) is 14.2 Å². The first kappa shape index (κ1) is 20.6. The molecule has 1 saturated heterocycles. The van der Waals surface area contributed by atoms with E-state index in [2.05, 4.69) is 11.6 Å². The van der Waals surface area contributed by atoms with Crippen molar-refractivity contribution < 1.29 is 23.8 Å². The molecule has 1 aromatic rings. The topological polar surface area (TPSA) is 77.4 Å². The van der Waals surface area contributed by atoms with Gasteiger partial charge in [0.1, 0.15) is 12.4 Å². The van der Waals surface area contributed by atoms with Crippen LogP contribution in [0.15, 0.2) is 41.9 Å². The van der Waals surface area contributed by atoms with E-state index in [4.69, 9.17) is 14.2 Å². The minimum Gasteiger partial charge on any atom is -0.458 e. The van der Waals surface area contributed by atoms with Crippen LogP contribution in [0.2, 0.25) is 0 Å². The van der Waals surface area contributed by atoms with Crippen molar-refractivity contribution in [3.05, 3.63) is 48.0 Å². The lowest BCUT2D eigenvalue weighted by atomic mass is 10.1. The summed E-state index contributed by atoms with van der Waals surface area (Å²) in [5, 5.41) is 0. The van der Waals surface area contributed by atoms with Crippen LogP contribution in [0.3, 0.4) is 0 Å². The lowest BCUT2D eigenvalue weighted by Gasteiger charge is -2.29. The van der Waals surface area contributed by atoms with E-state index in [0.717, 1.165) is 18.4 Å². The molecule has 7 heteroatoms. The predicted molar refractivity (Wildman–Crippen MR) is 102 cm³/mol. The van der Waals surface area contributed by atoms with Gasteiger partial charge in [-0.25, -0.2) is 9.59 Å². The Morgan fingerprint density at radius 3 is 2.48 bits per heavy atom. The maximum atomic E-state index is 12.1. The number of esters is 1. The summed E-state index contributed by atoms with van der Waals surface area (Å²) in [5.41, 5.74) is 1.15. The molecule has 1 aromatic carbocycles. The number of carbonyl (C=O) groups excluding carboxylic acids is 2. The Hall–Kier alpha value is -2.67. The standard InChI is InChI=1S/C20H26N2O5/c1-3-5-13-27-20(24)21-18(22-10-14-25-15-11-22)16-6-8-17(9-7-16)19(23)26-12-4-2/h4,6-9H,2-3,5,10-15H2,1H3. The molecular formula is C20H26N2O5. The number of carbonyl (C=O) groups is 2. The molecule has 7 nitrogen and oxygen atoms in total. The van der Waals surface area contributed by atoms with Crippen LogP contribution in [0, 0.1) is 0 Å². The number of unbranched alkanes of at least 4 members (excludes halogenated alkanes) is 1. The number of hydrogen-bond acceptors (Lipinski definition) is 5. The molecule has 1 fully saturated rings. The molecular weight excluding hydrogens is 348 g/mol. The predicted octanol–water partition coefficient (Wildman–Crippen LogP) is 3.04. The number of amidine groups is 1. The minimum atomic E-state index is -0.612. The monoisotopic (exact) mass is 374 g/mol. The maximum absolute atomic E-state index is 12.1. The molecule has 2 rings (SSSR count). The number of hydrogen-bond donors (Lipinski definition) is 0. The van der Waals surface area contributed by atoms with Crippen molar-refractivity contribution in [2.45, 2.75) is 19.8 Å². The summed E-state index contributed by atoms with van der Waals surface area (Å²) in [6, 6.07) is 6.80. The highest BCUT2D eigenvalue weighted by atomic mass is 16.5. The molecule has 27 heavy (non-hydrogen) atoms. The van der Waals surface area contributed by atoms with Gasteiger partial charge in [-0.2, -0.15) is 4.99 Å². The van der Waals surface area contributed by atoms with Crippen molar-refractivity contribution in [3.8, 4) is 0 Å². The molecule has 1 aliphatic rings. The molecule has 0 atom stereocenters. The lowest BCUT2D eigenvalue weighted by Crippen LogP contribution is -2.41. The molecule has 0 N–H and O–H groups in total. The molecule has 0 spiro atoms. The van der Waals surface area contributed by atoms with Crippen LogP contribution >= 0.6 is 0 Å². The summed E-state index contributed by atoms with van der Waals surface area (Å²) in [4.78, 5) is 30.1. The normalized spacial score (nSPS) is 14.6. The minimum absolute atomic E-state index is 0.157. The van der Waals surface area contributed by atoms with E-state index in [1.165, 1.54) is 6.08 Å². The highest BCUT2D eigenvalue weighted by Crippen LogP contribution is 2.12. The third kappa shape index (κ3) is 6.53. The van der Waals surface area contributed by atoms with Crippen molar-refractivity contribution >= 4 is 17.9 Å². The lowest BCUT2D eigenvalue weighted by molar-refractivity contribution is 0.0549. The zero-order valence-corrected chi connectivity index (χ0v) is 15.7. The zero-order valence-electron chi connectivity index (χ0n) is 15.7. The number of nitrogens with zero attached hydrogens (tertiary/aromatic N) is 2. The van der Waals surface area contributed by atoms with Gasteiger partial charge in [0.15, 0.2) is 0 Å². The van der Waals surface area contributed by atoms with E-state index >= 15 is 0 Å². The van der Waals surface area contributed by atoms with Crippen LogP contribution in [0.4, 0.5) is 4.79 Å². The Labute approximate surface area is 159 Å². The van der Waals surface area contributed by atoms with Gasteiger partial charge in [-0.05, 0) is 18.6 Å². The molecule has 0 aliphatic carbocycles. The Morgan fingerprint density at radius 1 is 1.19 bits per heavy atom. The van der Waals surface area contributed by atoms with E-state index in [1.807, 2.05) is 11.8 Å². The average Bonchev–Trinajstić information content (AvgIpc) is 2.71. The second-order valence-corrected chi connectivity index (χ2v) is 5.97. The van der Waals surface area contributed by atoms with Crippen molar-refractivity contribution in [1.29, 1.82) is 0 Å². The number of morpholine rings is 1. The number of amides is 1. The zero-order chi connectivity index (χ0) is 19.5. The van der Waals surface area contributed by atoms with E-state index in [1.54, 1.807) is 24.3 Å². The molecule has 1 aliphatic heterocycles. The van der Waals surface area contributed by atoms with Gasteiger partial charge in [0.05, 0.1) is 25.4 Å². The van der Waals surface area contributed by atoms with Gasteiger partial charge in [-0.1, -0.05) is 38.1 Å². The van der Waals surface area contributed by atoms with Gasteiger partial charge in [-0.3, -0.25) is 0 Å². The number of aliphatic imine (C=N–C) groups is 1. The molecule has 1 heterocycles. The molecule has 0 unspecified atom stereocenters. The van der Waals surface area contributed by atoms with Crippen LogP contribution in [-0.4, -0.2) is 62.3 Å². The Bertz CT molecular complexity index is 663. The third-order valence-electron chi connectivity index (χ3n) is 3.94. The molecule has 1 amide bonds. The summed E-state index contributed by atoms with van der Waals surface area (Å²) in [6.45, 7) is 8.44. The van der Waals surface area contributed by atoms with Gasteiger partial charge >= 0.3 is 12.1 Å². The van der Waals surface area contributed by atoms with Gasteiger partial charge in [0, 0.05) is 18.7 Å². The highest BCUT2D eigenvalue weighted by molar-refractivity contribution is 6.04. The van der Waals surface area contributed by atoms with E-state index in [0.29, 0.717) is 44.3 Å². The van der Waals surface area contributed by atoms with Gasteiger partial charge < -0.3 is 19.1 Å². The Morgan fingerprint density at radius 2 is 1.85 bits per heavy atom. The van der Waals surface area contributed by atoms with Crippen molar-refractivity contribution in [3.63, 3.8) is 0 Å². The smallest absolute Gasteiger partial charge is 0.435 e. The number of rotatable bonds is 7. The fourth-order valence-corrected chi connectivity index (χ4v) is 2.49. The first-order valence-corrected chi connectivity index (χ1v) is 9.12. The van der Waals surface area contributed by atoms with Crippen LogP contribution < -0.4 is 0 Å². The molecule has 0 saturated carbocycles. The number of benzene rings is 1. The first-order valence-electron chi connectivity index (χ1n) is 9.12. The summed E-state index contributed by atoms with van der Waals surface area (Å²) < 4.78 is 15.6.